The molecule has 0 fully saturated rings. The molecule has 0 saturated heterocycles. The quantitative estimate of drug-likeness (QED) is 0.497. The van der Waals surface area contributed by atoms with E-state index in [-0.39, 0.29) is 0 Å². The lowest BCUT2D eigenvalue weighted by Gasteiger charge is -2.09. The molecule has 0 bridgehead atoms. The molecular weight excluding hydrogens is 156 g/mol. The van der Waals surface area contributed by atoms with Gasteiger partial charge in [-0.3, -0.25) is 0 Å². The van der Waals surface area contributed by atoms with Crippen molar-refractivity contribution in [2.75, 3.05) is 0 Å². The van der Waals surface area contributed by atoms with Crippen molar-refractivity contribution in [3.05, 3.63) is 24.3 Å². The summed E-state index contributed by atoms with van der Waals surface area (Å²) in [5.41, 5.74) is 1.39. The number of allylic oxidation sites excluding steroid dienone is 3. The van der Waals surface area contributed by atoms with Crippen LogP contribution in [0.4, 0.5) is 0 Å². The van der Waals surface area contributed by atoms with E-state index in [1.165, 1.54) is 37.7 Å². The van der Waals surface area contributed by atoms with Crippen LogP contribution in [0.5, 0.6) is 0 Å². The predicted molar refractivity (Wildman–Crippen MR) is 61.9 cm³/mol. The molecule has 0 rings (SSSR count). The predicted octanol–water partition coefficient (Wildman–Crippen LogP) is 4.73. The van der Waals surface area contributed by atoms with Crippen LogP contribution in [0.15, 0.2) is 24.3 Å². The summed E-state index contributed by atoms with van der Waals surface area (Å²) in [6.45, 7) is 10.5. The van der Waals surface area contributed by atoms with Gasteiger partial charge in [-0.25, -0.2) is 0 Å². The first kappa shape index (κ1) is 12.5. The van der Waals surface area contributed by atoms with Gasteiger partial charge in [0.15, 0.2) is 0 Å². The monoisotopic (exact) mass is 180 g/mol. The number of rotatable bonds is 7. The third kappa shape index (κ3) is 6.62. The van der Waals surface area contributed by atoms with E-state index >= 15 is 0 Å². The van der Waals surface area contributed by atoms with E-state index in [0.717, 1.165) is 5.92 Å². The Morgan fingerprint density at radius 1 is 1.38 bits per heavy atom. The average molecular weight is 180 g/mol. The molecule has 0 spiro atoms. The molecule has 0 amide bonds. The van der Waals surface area contributed by atoms with E-state index in [4.69, 9.17) is 0 Å². The smallest absolute Gasteiger partial charge is 0.0282 e. The average Bonchev–Trinajstić information content (AvgIpc) is 2.13. The standard InChI is InChI=1S/C13H24/c1-5-9-12(4)10-8-11-13(6-2)7-3/h6-7,12H,2,5,8-11H2,1,3-4H3/b13-7+. The second-order valence-electron chi connectivity index (χ2n) is 3.85. The van der Waals surface area contributed by atoms with Crippen LogP contribution in [0.3, 0.4) is 0 Å². The van der Waals surface area contributed by atoms with Gasteiger partial charge < -0.3 is 0 Å². The van der Waals surface area contributed by atoms with Crippen LogP contribution in [0.2, 0.25) is 0 Å². The molecule has 0 aliphatic carbocycles. The molecule has 0 saturated carbocycles. The molecule has 0 aliphatic rings. The van der Waals surface area contributed by atoms with Crippen LogP contribution in [-0.2, 0) is 0 Å². The minimum Gasteiger partial charge on any atom is -0.0988 e. The zero-order valence-electron chi connectivity index (χ0n) is 9.47. The third-order valence-electron chi connectivity index (χ3n) is 2.58. The fraction of sp³-hybridized carbons (Fsp3) is 0.692. The molecule has 0 heteroatoms. The highest BCUT2D eigenvalue weighted by atomic mass is 14.1. The topological polar surface area (TPSA) is 0 Å². The summed E-state index contributed by atoms with van der Waals surface area (Å²) in [6.07, 6.45) is 10.7. The zero-order valence-corrected chi connectivity index (χ0v) is 9.47. The zero-order chi connectivity index (χ0) is 10.1. The minimum absolute atomic E-state index is 0.896. The highest BCUT2D eigenvalue weighted by Gasteiger charge is 2.00. The van der Waals surface area contributed by atoms with E-state index in [9.17, 15) is 0 Å². The molecule has 0 radical (unpaired) electrons. The summed E-state index contributed by atoms with van der Waals surface area (Å²) in [7, 11) is 0. The Bertz CT molecular complexity index is 153. The molecule has 13 heavy (non-hydrogen) atoms. The SMILES string of the molecule is C=C/C(=C\C)CCCC(C)CCC. The fourth-order valence-electron chi connectivity index (χ4n) is 1.66. The van der Waals surface area contributed by atoms with Crippen LogP contribution in [-0.4, -0.2) is 0 Å². The number of hydrogen-bond donors (Lipinski definition) is 0. The normalized spacial score (nSPS) is 14.2. The summed E-state index contributed by atoms with van der Waals surface area (Å²) in [6, 6.07) is 0. The summed E-state index contributed by atoms with van der Waals surface area (Å²) >= 11 is 0. The largest absolute Gasteiger partial charge is 0.0988 e. The van der Waals surface area contributed by atoms with Gasteiger partial charge in [0.1, 0.15) is 0 Å². The summed E-state index contributed by atoms with van der Waals surface area (Å²) in [5.74, 6) is 0.896. The molecule has 0 aromatic heterocycles. The van der Waals surface area contributed by atoms with E-state index < -0.39 is 0 Å². The van der Waals surface area contributed by atoms with Crippen molar-refractivity contribution in [3.63, 3.8) is 0 Å². The first-order chi connectivity index (χ1) is 6.24. The summed E-state index contributed by atoms with van der Waals surface area (Å²) in [5, 5.41) is 0. The van der Waals surface area contributed by atoms with Crippen LogP contribution >= 0.6 is 0 Å². The molecule has 0 aliphatic heterocycles. The van der Waals surface area contributed by atoms with Gasteiger partial charge in [0.25, 0.3) is 0 Å². The first-order valence-corrected chi connectivity index (χ1v) is 5.52. The van der Waals surface area contributed by atoms with Gasteiger partial charge in [0.05, 0.1) is 0 Å². The lowest BCUT2D eigenvalue weighted by molar-refractivity contribution is 0.470. The molecule has 1 atom stereocenters. The van der Waals surface area contributed by atoms with Crippen molar-refractivity contribution < 1.29 is 0 Å². The van der Waals surface area contributed by atoms with Crippen LogP contribution in [0, 0.1) is 5.92 Å². The highest BCUT2D eigenvalue weighted by Crippen LogP contribution is 2.16. The Kier molecular flexibility index (Phi) is 7.77. The molecular formula is C13H24. The molecule has 1 unspecified atom stereocenters. The van der Waals surface area contributed by atoms with Gasteiger partial charge in [0.2, 0.25) is 0 Å². The van der Waals surface area contributed by atoms with Crippen LogP contribution in [0.1, 0.15) is 52.9 Å². The number of hydrogen-bond acceptors (Lipinski definition) is 0. The minimum atomic E-state index is 0.896. The van der Waals surface area contributed by atoms with Crippen molar-refractivity contribution in [2.45, 2.75) is 52.9 Å². The second-order valence-corrected chi connectivity index (χ2v) is 3.85. The van der Waals surface area contributed by atoms with Gasteiger partial charge in [-0.15, -0.1) is 0 Å². The Morgan fingerprint density at radius 3 is 2.54 bits per heavy atom. The molecule has 0 aromatic carbocycles. The summed E-state index contributed by atoms with van der Waals surface area (Å²) < 4.78 is 0. The Balaban J connectivity index is 3.49. The Hall–Kier alpha value is -0.520. The van der Waals surface area contributed by atoms with Crippen molar-refractivity contribution >= 4 is 0 Å². The van der Waals surface area contributed by atoms with Crippen molar-refractivity contribution in [1.82, 2.24) is 0 Å². The molecule has 0 heterocycles. The summed E-state index contributed by atoms with van der Waals surface area (Å²) in [4.78, 5) is 0. The molecule has 0 N–H and O–H groups in total. The lowest BCUT2D eigenvalue weighted by Crippen LogP contribution is -1.93. The van der Waals surface area contributed by atoms with Gasteiger partial charge in [-0.1, -0.05) is 57.4 Å². The maximum atomic E-state index is 3.80. The molecule has 0 aromatic rings. The van der Waals surface area contributed by atoms with Crippen molar-refractivity contribution in [1.29, 1.82) is 0 Å². The van der Waals surface area contributed by atoms with E-state index in [0.29, 0.717) is 0 Å². The van der Waals surface area contributed by atoms with Crippen LogP contribution in [0.25, 0.3) is 0 Å². The highest BCUT2D eigenvalue weighted by molar-refractivity contribution is 5.14. The maximum absolute atomic E-state index is 3.80. The Morgan fingerprint density at radius 2 is 2.08 bits per heavy atom. The van der Waals surface area contributed by atoms with Crippen molar-refractivity contribution in [2.24, 2.45) is 5.92 Å². The third-order valence-corrected chi connectivity index (χ3v) is 2.58. The second kappa shape index (κ2) is 8.10. The van der Waals surface area contributed by atoms with Crippen LogP contribution < -0.4 is 0 Å². The molecule has 76 valence electrons. The molecule has 0 nitrogen and oxygen atoms in total. The fourth-order valence-corrected chi connectivity index (χ4v) is 1.66. The van der Waals surface area contributed by atoms with Gasteiger partial charge in [-0.05, 0) is 25.7 Å². The first-order valence-electron chi connectivity index (χ1n) is 5.52. The van der Waals surface area contributed by atoms with E-state index in [1.54, 1.807) is 0 Å². The van der Waals surface area contributed by atoms with Gasteiger partial charge >= 0.3 is 0 Å². The maximum Gasteiger partial charge on any atom is -0.0282 e. The Labute approximate surface area is 83.7 Å². The lowest BCUT2D eigenvalue weighted by atomic mass is 9.97. The van der Waals surface area contributed by atoms with Gasteiger partial charge in [0, 0.05) is 0 Å². The van der Waals surface area contributed by atoms with Gasteiger partial charge in [-0.2, -0.15) is 0 Å². The van der Waals surface area contributed by atoms with Crippen molar-refractivity contribution in [3.8, 4) is 0 Å². The van der Waals surface area contributed by atoms with E-state index in [2.05, 4.69) is 33.4 Å². The van der Waals surface area contributed by atoms with E-state index in [1.807, 2.05) is 6.08 Å².